The number of primary amides is 1. The number of nitrogens with zero attached hydrogens (tertiary/aromatic N) is 1. The number of carbonyl (C=O) groups excluding carboxylic acids is 1. The molecule has 92 valence electrons. The van der Waals surface area contributed by atoms with Gasteiger partial charge in [-0.3, -0.25) is 5.32 Å². The van der Waals surface area contributed by atoms with E-state index in [0.29, 0.717) is 17.3 Å². The van der Waals surface area contributed by atoms with Gasteiger partial charge < -0.3 is 10.5 Å². The van der Waals surface area contributed by atoms with Gasteiger partial charge in [0.05, 0.1) is 6.20 Å². The molecule has 1 aromatic carbocycles. The molecule has 0 saturated heterocycles. The van der Waals surface area contributed by atoms with E-state index in [0.717, 1.165) is 0 Å². The summed E-state index contributed by atoms with van der Waals surface area (Å²) in [7, 11) is 0. The second kappa shape index (κ2) is 5.13. The third-order valence-electron chi connectivity index (χ3n) is 2.02. The molecule has 1 heterocycles. The molecule has 0 unspecified atom stereocenters. The molecule has 5 nitrogen and oxygen atoms in total. The average Bonchev–Trinajstić information content (AvgIpc) is 2.31. The molecule has 3 N–H and O–H groups in total. The average molecular weight is 247 g/mol. The predicted octanol–water partition coefficient (Wildman–Crippen LogP) is 2.50. The van der Waals surface area contributed by atoms with Gasteiger partial charge in [0.1, 0.15) is 23.1 Å². The van der Waals surface area contributed by atoms with Crippen molar-refractivity contribution in [1.82, 2.24) is 4.98 Å². The van der Waals surface area contributed by atoms with Crippen molar-refractivity contribution in [3.8, 4) is 11.5 Å². The summed E-state index contributed by atoms with van der Waals surface area (Å²) in [6, 6.07) is 8.17. The number of hydrogen-bond acceptors (Lipinski definition) is 3. The Morgan fingerprint density at radius 1 is 1.28 bits per heavy atom. The zero-order valence-corrected chi connectivity index (χ0v) is 9.26. The summed E-state index contributed by atoms with van der Waals surface area (Å²) in [5.41, 5.74) is 4.94. The Labute approximate surface area is 102 Å². The van der Waals surface area contributed by atoms with Gasteiger partial charge in [-0.1, -0.05) is 6.07 Å². The minimum absolute atomic E-state index is 0.314. The molecule has 0 aliphatic carbocycles. The maximum Gasteiger partial charge on any atom is 0.317 e. The summed E-state index contributed by atoms with van der Waals surface area (Å²) in [5.74, 6) is 0.726. The first-order valence-electron chi connectivity index (χ1n) is 5.09. The number of carbonyl (C=O) groups is 1. The van der Waals surface area contributed by atoms with Gasteiger partial charge >= 0.3 is 6.03 Å². The first kappa shape index (κ1) is 11.8. The van der Waals surface area contributed by atoms with E-state index in [-0.39, 0.29) is 5.82 Å². The summed E-state index contributed by atoms with van der Waals surface area (Å²) in [4.78, 5) is 14.5. The van der Waals surface area contributed by atoms with Gasteiger partial charge in [0.2, 0.25) is 0 Å². The monoisotopic (exact) mass is 247 g/mol. The van der Waals surface area contributed by atoms with Crippen LogP contribution in [0.1, 0.15) is 0 Å². The summed E-state index contributed by atoms with van der Waals surface area (Å²) in [6.07, 6.45) is 1.40. The van der Waals surface area contributed by atoms with E-state index in [9.17, 15) is 9.18 Å². The molecule has 18 heavy (non-hydrogen) atoms. The maximum atomic E-state index is 12.9. The van der Waals surface area contributed by atoms with Gasteiger partial charge in [0.15, 0.2) is 0 Å². The van der Waals surface area contributed by atoms with Crippen LogP contribution in [0, 0.1) is 5.82 Å². The van der Waals surface area contributed by atoms with Crippen LogP contribution in [-0.4, -0.2) is 11.0 Å². The zero-order valence-electron chi connectivity index (χ0n) is 9.26. The Bertz CT molecular complexity index is 558. The number of hydrogen-bond donors (Lipinski definition) is 2. The van der Waals surface area contributed by atoms with E-state index < -0.39 is 6.03 Å². The number of rotatable bonds is 3. The quantitative estimate of drug-likeness (QED) is 0.874. The molecule has 2 amide bonds. The molecular weight excluding hydrogens is 237 g/mol. The molecule has 6 heteroatoms. The number of halogens is 1. The van der Waals surface area contributed by atoms with Crippen LogP contribution in [0.3, 0.4) is 0 Å². The fraction of sp³-hybridized carbons (Fsp3) is 0. The van der Waals surface area contributed by atoms with Crippen molar-refractivity contribution in [2.24, 2.45) is 5.73 Å². The first-order chi connectivity index (χ1) is 8.63. The summed E-state index contributed by atoms with van der Waals surface area (Å²) >= 11 is 0. The fourth-order valence-electron chi connectivity index (χ4n) is 1.31. The van der Waals surface area contributed by atoms with Gasteiger partial charge in [-0.05, 0) is 24.3 Å². The van der Waals surface area contributed by atoms with Crippen molar-refractivity contribution in [2.75, 3.05) is 5.32 Å². The summed E-state index contributed by atoms with van der Waals surface area (Å²) < 4.78 is 18.3. The molecule has 2 aromatic rings. The van der Waals surface area contributed by atoms with Gasteiger partial charge in [0.25, 0.3) is 0 Å². The van der Waals surface area contributed by atoms with Crippen LogP contribution in [-0.2, 0) is 0 Å². The number of amides is 2. The smallest absolute Gasteiger partial charge is 0.317 e. The second-order valence-corrected chi connectivity index (χ2v) is 3.43. The van der Waals surface area contributed by atoms with Crippen molar-refractivity contribution >= 4 is 11.8 Å². The van der Waals surface area contributed by atoms with Crippen molar-refractivity contribution in [3.05, 3.63) is 48.4 Å². The van der Waals surface area contributed by atoms with E-state index in [1.165, 1.54) is 24.4 Å². The maximum absolute atomic E-state index is 12.9. The lowest BCUT2D eigenvalue weighted by Crippen LogP contribution is -2.19. The van der Waals surface area contributed by atoms with Crippen molar-refractivity contribution < 1.29 is 13.9 Å². The standard InChI is InChI=1S/C12H10FN3O2/c13-8-2-1-3-9(6-8)18-10-4-5-11(15-7-10)16-12(14)17/h1-7H,(H3,14,15,16,17). The minimum Gasteiger partial charge on any atom is -0.456 e. The molecule has 1 aromatic heterocycles. The third kappa shape index (κ3) is 3.18. The molecule has 0 atom stereocenters. The van der Waals surface area contributed by atoms with Crippen LogP contribution in [0.2, 0.25) is 0 Å². The molecule has 0 bridgehead atoms. The lowest BCUT2D eigenvalue weighted by Gasteiger charge is -2.06. The number of urea groups is 1. The summed E-state index contributed by atoms with van der Waals surface area (Å²) in [5, 5.41) is 2.32. The molecule has 0 aliphatic heterocycles. The number of nitrogens with one attached hydrogen (secondary N) is 1. The second-order valence-electron chi connectivity index (χ2n) is 3.43. The number of ether oxygens (including phenoxy) is 1. The largest absolute Gasteiger partial charge is 0.456 e. The Balaban J connectivity index is 2.08. The van der Waals surface area contributed by atoms with E-state index >= 15 is 0 Å². The topological polar surface area (TPSA) is 77.2 Å². The van der Waals surface area contributed by atoms with E-state index in [1.54, 1.807) is 18.2 Å². The van der Waals surface area contributed by atoms with Crippen LogP contribution in [0.5, 0.6) is 11.5 Å². The van der Waals surface area contributed by atoms with Gasteiger partial charge in [-0.25, -0.2) is 14.2 Å². The molecule has 0 fully saturated rings. The van der Waals surface area contributed by atoms with Crippen molar-refractivity contribution in [1.29, 1.82) is 0 Å². The Hall–Kier alpha value is -2.63. The highest BCUT2D eigenvalue weighted by molar-refractivity contribution is 5.86. The van der Waals surface area contributed by atoms with Crippen LogP contribution < -0.4 is 15.8 Å². The van der Waals surface area contributed by atoms with Crippen molar-refractivity contribution in [2.45, 2.75) is 0 Å². The molecule has 0 aliphatic rings. The molecule has 2 rings (SSSR count). The Kier molecular flexibility index (Phi) is 3.38. The van der Waals surface area contributed by atoms with Gasteiger partial charge in [-0.15, -0.1) is 0 Å². The zero-order chi connectivity index (χ0) is 13.0. The number of benzene rings is 1. The Morgan fingerprint density at radius 2 is 2.11 bits per heavy atom. The van der Waals surface area contributed by atoms with Crippen molar-refractivity contribution in [3.63, 3.8) is 0 Å². The van der Waals surface area contributed by atoms with Gasteiger partial charge in [0, 0.05) is 6.07 Å². The highest BCUT2D eigenvalue weighted by atomic mass is 19.1. The highest BCUT2D eigenvalue weighted by Gasteiger charge is 2.01. The highest BCUT2D eigenvalue weighted by Crippen LogP contribution is 2.21. The molecule has 0 saturated carbocycles. The van der Waals surface area contributed by atoms with E-state index in [4.69, 9.17) is 10.5 Å². The Morgan fingerprint density at radius 3 is 2.72 bits per heavy atom. The lowest BCUT2D eigenvalue weighted by molar-refractivity contribution is 0.259. The SMILES string of the molecule is NC(=O)Nc1ccc(Oc2cccc(F)c2)cn1. The van der Waals surface area contributed by atoms with Crippen LogP contribution >= 0.6 is 0 Å². The lowest BCUT2D eigenvalue weighted by atomic mass is 10.3. The van der Waals surface area contributed by atoms with Crippen LogP contribution in [0.4, 0.5) is 15.0 Å². The minimum atomic E-state index is -0.693. The molecule has 0 spiro atoms. The molecular formula is C12H10FN3O2. The number of nitrogens with two attached hydrogens (primary N) is 1. The van der Waals surface area contributed by atoms with Crippen LogP contribution in [0.15, 0.2) is 42.6 Å². The number of aromatic nitrogens is 1. The van der Waals surface area contributed by atoms with E-state index in [2.05, 4.69) is 10.3 Å². The molecule has 0 radical (unpaired) electrons. The number of anilines is 1. The number of pyridine rings is 1. The van der Waals surface area contributed by atoms with E-state index in [1.807, 2.05) is 0 Å². The van der Waals surface area contributed by atoms with Gasteiger partial charge in [-0.2, -0.15) is 0 Å². The fourth-order valence-corrected chi connectivity index (χ4v) is 1.31. The summed E-state index contributed by atoms with van der Waals surface area (Å²) in [6.45, 7) is 0. The normalized spacial score (nSPS) is 9.83. The third-order valence-corrected chi connectivity index (χ3v) is 2.02. The van der Waals surface area contributed by atoms with Crippen LogP contribution in [0.25, 0.3) is 0 Å². The first-order valence-corrected chi connectivity index (χ1v) is 5.09. The predicted molar refractivity (Wildman–Crippen MR) is 63.9 cm³/mol.